The van der Waals surface area contributed by atoms with E-state index < -0.39 is 6.10 Å². The van der Waals surface area contributed by atoms with Crippen LogP contribution in [0.15, 0.2) is 0 Å². The van der Waals surface area contributed by atoms with Crippen molar-refractivity contribution in [2.24, 2.45) is 5.92 Å². The molecule has 2 atom stereocenters. The standard InChI is InChI=1S/C12H27NO3/c1-3-4-7-16-10-12(15)9-13-8-11(2)5-6-14/h11-15H,3-10H2,1-2H3. The van der Waals surface area contributed by atoms with Crippen LogP contribution in [0.5, 0.6) is 0 Å². The first-order valence-electron chi connectivity index (χ1n) is 6.28. The van der Waals surface area contributed by atoms with Gasteiger partial charge in [0.05, 0.1) is 12.7 Å². The van der Waals surface area contributed by atoms with Crippen LogP contribution in [0.2, 0.25) is 0 Å². The molecule has 0 aliphatic heterocycles. The summed E-state index contributed by atoms with van der Waals surface area (Å²) in [6, 6.07) is 0. The van der Waals surface area contributed by atoms with Crippen molar-refractivity contribution in [3.05, 3.63) is 0 Å². The second-order valence-electron chi connectivity index (χ2n) is 4.36. The molecule has 0 saturated heterocycles. The Morgan fingerprint density at radius 1 is 1.31 bits per heavy atom. The number of nitrogens with one attached hydrogen (secondary N) is 1. The fourth-order valence-corrected chi connectivity index (χ4v) is 1.34. The van der Waals surface area contributed by atoms with Gasteiger partial charge in [0.25, 0.3) is 0 Å². The van der Waals surface area contributed by atoms with E-state index in [1.165, 1.54) is 0 Å². The topological polar surface area (TPSA) is 61.7 Å². The predicted octanol–water partition coefficient (Wildman–Crippen LogP) is 0.772. The van der Waals surface area contributed by atoms with Crippen LogP contribution in [0, 0.1) is 5.92 Å². The molecule has 0 saturated carbocycles. The van der Waals surface area contributed by atoms with Crippen LogP contribution in [0.1, 0.15) is 33.1 Å². The second kappa shape index (κ2) is 11.3. The van der Waals surface area contributed by atoms with E-state index >= 15 is 0 Å². The molecular weight excluding hydrogens is 206 g/mol. The summed E-state index contributed by atoms with van der Waals surface area (Å²) < 4.78 is 5.31. The van der Waals surface area contributed by atoms with Crippen LogP contribution in [-0.2, 0) is 4.74 Å². The van der Waals surface area contributed by atoms with E-state index in [1.807, 2.05) is 0 Å². The fraction of sp³-hybridized carbons (Fsp3) is 1.00. The van der Waals surface area contributed by atoms with Crippen LogP contribution < -0.4 is 5.32 Å². The molecule has 0 heterocycles. The first-order valence-corrected chi connectivity index (χ1v) is 6.28. The zero-order chi connectivity index (χ0) is 12.2. The Morgan fingerprint density at radius 2 is 2.06 bits per heavy atom. The highest BCUT2D eigenvalue weighted by atomic mass is 16.5. The van der Waals surface area contributed by atoms with E-state index in [0.717, 1.165) is 32.4 Å². The Hall–Kier alpha value is -0.160. The SMILES string of the molecule is CCCCOCC(O)CNCC(C)CCO. The molecule has 98 valence electrons. The normalized spacial score (nSPS) is 15.0. The zero-order valence-electron chi connectivity index (χ0n) is 10.6. The fourth-order valence-electron chi connectivity index (χ4n) is 1.34. The maximum Gasteiger partial charge on any atom is 0.0897 e. The number of ether oxygens (including phenoxy) is 1. The maximum absolute atomic E-state index is 9.55. The van der Waals surface area contributed by atoms with E-state index in [0.29, 0.717) is 19.1 Å². The van der Waals surface area contributed by atoms with Crippen molar-refractivity contribution in [2.45, 2.75) is 39.2 Å². The number of unbranched alkanes of at least 4 members (excludes halogenated alkanes) is 1. The van der Waals surface area contributed by atoms with E-state index in [-0.39, 0.29) is 6.61 Å². The lowest BCUT2D eigenvalue weighted by molar-refractivity contribution is 0.0355. The molecule has 0 rings (SSSR count). The lowest BCUT2D eigenvalue weighted by atomic mass is 10.1. The molecule has 4 heteroatoms. The van der Waals surface area contributed by atoms with E-state index in [1.54, 1.807) is 0 Å². The number of hydrogen-bond donors (Lipinski definition) is 3. The van der Waals surface area contributed by atoms with E-state index in [9.17, 15) is 5.11 Å². The van der Waals surface area contributed by atoms with Crippen molar-refractivity contribution in [2.75, 3.05) is 32.9 Å². The summed E-state index contributed by atoms with van der Waals surface area (Å²) in [5.41, 5.74) is 0. The van der Waals surface area contributed by atoms with Crippen LogP contribution in [0.25, 0.3) is 0 Å². The van der Waals surface area contributed by atoms with Crippen LogP contribution in [0.4, 0.5) is 0 Å². The third kappa shape index (κ3) is 10.4. The lowest BCUT2D eigenvalue weighted by Gasteiger charge is -2.14. The van der Waals surface area contributed by atoms with Gasteiger partial charge < -0.3 is 20.3 Å². The Kier molecular flexibility index (Phi) is 11.2. The molecule has 0 aromatic rings. The average Bonchev–Trinajstić information content (AvgIpc) is 2.25. The molecule has 0 aromatic heterocycles. The molecule has 0 aliphatic rings. The van der Waals surface area contributed by atoms with Crippen LogP contribution in [0.3, 0.4) is 0 Å². The Bertz CT molecular complexity index is 144. The highest BCUT2D eigenvalue weighted by Crippen LogP contribution is 1.98. The Morgan fingerprint density at radius 3 is 2.69 bits per heavy atom. The van der Waals surface area contributed by atoms with Gasteiger partial charge >= 0.3 is 0 Å². The minimum Gasteiger partial charge on any atom is -0.396 e. The van der Waals surface area contributed by atoms with Crippen molar-refractivity contribution >= 4 is 0 Å². The van der Waals surface area contributed by atoms with Crippen molar-refractivity contribution in [1.29, 1.82) is 0 Å². The molecule has 16 heavy (non-hydrogen) atoms. The van der Waals surface area contributed by atoms with E-state index in [4.69, 9.17) is 9.84 Å². The maximum atomic E-state index is 9.55. The first kappa shape index (κ1) is 15.8. The quantitative estimate of drug-likeness (QED) is 0.461. The summed E-state index contributed by atoms with van der Waals surface area (Å²) in [4.78, 5) is 0. The molecule has 0 aliphatic carbocycles. The number of aliphatic hydroxyl groups is 2. The molecule has 4 nitrogen and oxygen atoms in total. The molecule has 0 spiro atoms. The van der Waals surface area contributed by atoms with Gasteiger partial charge in [-0.15, -0.1) is 0 Å². The van der Waals surface area contributed by atoms with Gasteiger partial charge in [-0.3, -0.25) is 0 Å². The van der Waals surface area contributed by atoms with Gasteiger partial charge in [-0.2, -0.15) is 0 Å². The first-order chi connectivity index (χ1) is 7.70. The third-order valence-corrected chi connectivity index (χ3v) is 2.45. The second-order valence-corrected chi connectivity index (χ2v) is 4.36. The van der Waals surface area contributed by atoms with Crippen molar-refractivity contribution in [3.8, 4) is 0 Å². The van der Waals surface area contributed by atoms with Crippen LogP contribution >= 0.6 is 0 Å². The van der Waals surface area contributed by atoms with Gasteiger partial charge in [-0.25, -0.2) is 0 Å². The summed E-state index contributed by atoms with van der Waals surface area (Å²) in [6.07, 6.45) is 2.54. The molecular formula is C12H27NO3. The third-order valence-electron chi connectivity index (χ3n) is 2.45. The van der Waals surface area contributed by atoms with E-state index in [2.05, 4.69) is 19.2 Å². The van der Waals surface area contributed by atoms with Crippen molar-refractivity contribution in [1.82, 2.24) is 5.32 Å². The summed E-state index contributed by atoms with van der Waals surface area (Å²) in [5, 5.41) is 21.4. The van der Waals surface area contributed by atoms with Gasteiger partial charge in [-0.05, 0) is 25.3 Å². The number of rotatable bonds is 11. The Balaban J connectivity index is 3.26. The highest BCUT2D eigenvalue weighted by molar-refractivity contribution is 4.61. The lowest BCUT2D eigenvalue weighted by Crippen LogP contribution is -2.33. The number of hydrogen-bond acceptors (Lipinski definition) is 4. The summed E-state index contributed by atoms with van der Waals surface area (Å²) in [6.45, 7) is 6.94. The van der Waals surface area contributed by atoms with Gasteiger partial charge in [-0.1, -0.05) is 20.3 Å². The van der Waals surface area contributed by atoms with Gasteiger partial charge in [0.1, 0.15) is 0 Å². The number of aliphatic hydroxyl groups excluding tert-OH is 2. The molecule has 0 aromatic carbocycles. The van der Waals surface area contributed by atoms with Crippen molar-refractivity contribution < 1.29 is 14.9 Å². The Labute approximate surface area is 99.0 Å². The van der Waals surface area contributed by atoms with Crippen LogP contribution in [-0.4, -0.2) is 49.2 Å². The van der Waals surface area contributed by atoms with Gasteiger partial charge in [0, 0.05) is 19.8 Å². The van der Waals surface area contributed by atoms with Crippen molar-refractivity contribution in [3.63, 3.8) is 0 Å². The molecule has 0 bridgehead atoms. The van der Waals surface area contributed by atoms with Gasteiger partial charge in [0.15, 0.2) is 0 Å². The summed E-state index contributed by atoms with van der Waals surface area (Å²) >= 11 is 0. The molecule has 0 radical (unpaired) electrons. The molecule has 0 fully saturated rings. The predicted molar refractivity (Wildman–Crippen MR) is 65.5 cm³/mol. The smallest absolute Gasteiger partial charge is 0.0897 e. The monoisotopic (exact) mass is 233 g/mol. The highest BCUT2D eigenvalue weighted by Gasteiger charge is 2.05. The molecule has 3 N–H and O–H groups in total. The largest absolute Gasteiger partial charge is 0.396 e. The minimum absolute atomic E-state index is 0.228. The molecule has 0 amide bonds. The zero-order valence-corrected chi connectivity index (χ0v) is 10.6. The van der Waals surface area contributed by atoms with Gasteiger partial charge in [0.2, 0.25) is 0 Å². The summed E-state index contributed by atoms with van der Waals surface area (Å²) in [7, 11) is 0. The summed E-state index contributed by atoms with van der Waals surface area (Å²) in [5.74, 6) is 0.443. The minimum atomic E-state index is -0.432. The average molecular weight is 233 g/mol. The molecule has 2 unspecified atom stereocenters.